The van der Waals surface area contributed by atoms with E-state index in [1.54, 1.807) is 18.2 Å². The Balaban J connectivity index is 0.000000381. The first-order valence-electron chi connectivity index (χ1n) is 15.6. The van der Waals surface area contributed by atoms with Gasteiger partial charge in [0, 0.05) is 22.1 Å². The molecule has 53 heavy (non-hydrogen) atoms. The molecular formula is C34H31F6N7O6. The highest BCUT2D eigenvalue weighted by Gasteiger charge is 2.39. The van der Waals surface area contributed by atoms with E-state index >= 15 is 0 Å². The summed E-state index contributed by atoms with van der Waals surface area (Å²) in [6.07, 6.45) is -6.28. The van der Waals surface area contributed by atoms with Crippen molar-refractivity contribution in [1.82, 2.24) is 9.97 Å². The first-order valence-corrected chi connectivity index (χ1v) is 15.6. The first-order chi connectivity index (χ1) is 24.8. The third-order valence-electron chi connectivity index (χ3n) is 7.92. The van der Waals surface area contributed by atoms with Gasteiger partial charge in [-0.15, -0.1) is 0 Å². The largest absolute Gasteiger partial charge is 0.490 e. The van der Waals surface area contributed by atoms with Crippen LogP contribution in [0.1, 0.15) is 57.5 Å². The number of hydrogen-bond acceptors (Lipinski definition) is 8. The Morgan fingerprint density at radius 3 is 2.00 bits per heavy atom. The monoisotopic (exact) mass is 747 g/mol. The second-order valence-corrected chi connectivity index (χ2v) is 11.8. The summed E-state index contributed by atoms with van der Waals surface area (Å²) >= 11 is 0. The molecule has 0 saturated heterocycles. The molecule has 1 saturated carbocycles. The van der Waals surface area contributed by atoms with E-state index in [2.05, 4.69) is 20.6 Å². The maximum atomic E-state index is 13.3. The van der Waals surface area contributed by atoms with Gasteiger partial charge in [-0.25, -0.2) is 19.6 Å². The van der Waals surface area contributed by atoms with Crippen molar-refractivity contribution in [3.05, 3.63) is 82.9 Å². The lowest BCUT2D eigenvalue weighted by molar-refractivity contribution is -0.193. The van der Waals surface area contributed by atoms with Gasteiger partial charge in [-0.2, -0.15) is 31.3 Å². The second kappa shape index (κ2) is 16.0. The molecule has 0 spiro atoms. The number of aromatic nitrogens is 2. The van der Waals surface area contributed by atoms with Crippen molar-refractivity contribution in [1.29, 1.82) is 0 Å². The van der Waals surface area contributed by atoms with E-state index < -0.39 is 30.2 Å². The number of aliphatic imine (C=N–C) groups is 1. The van der Waals surface area contributed by atoms with E-state index in [1.807, 2.05) is 49.4 Å². The maximum Gasteiger partial charge on any atom is 0.490 e. The number of alkyl halides is 6. The quantitative estimate of drug-likeness (QED) is 0.0731. The summed E-state index contributed by atoms with van der Waals surface area (Å²) in [7, 11) is 0. The summed E-state index contributed by atoms with van der Waals surface area (Å²) in [4.78, 5) is 57.8. The molecule has 1 amide bonds. The molecule has 13 nitrogen and oxygen atoms in total. The Kier molecular flexibility index (Phi) is 11.9. The van der Waals surface area contributed by atoms with Gasteiger partial charge in [-0.05, 0) is 55.2 Å². The van der Waals surface area contributed by atoms with Crippen molar-refractivity contribution in [2.45, 2.75) is 57.0 Å². The molecule has 4 aromatic rings. The van der Waals surface area contributed by atoms with Gasteiger partial charge in [-0.1, -0.05) is 54.8 Å². The molecule has 2 atom stereocenters. The van der Waals surface area contributed by atoms with Crippen molar-refractivity contribution < 1.29 is 55.7 Å². The number of aliphatic carboxylic acids is 2. The number of carbonyl (C=O) groups is 4. The molecule has 0 aliphatic heterocycles. The number of carbonyl (C=O) groups excluding carboxylic acids is 2. The van der Waals surface area contributed by atoms with Crippen molar-refractivity contribution in [3.8, 4) is 11.1 Å². The Morgan fingerprint density at radius 1 is 0.811 bits per heavy atom. The van der Waals surface area contributed by atoms with Crippen LogP contribution in [0.4, 0.5) is 38.1 Å². The smallest absolute Gasteiger partial charge is 0.475 e. The number of carboxylic acids is 2. The summed E-state index contributed by atoms with van der Waals surface area (Å²) in [5, 5.41) is 21.5. The van der Waals surface area contributed by atoms with Crippen LogP contribution in [0.2, 0.25) is 0 Å². The number of amides is 1. The first kappa shape index (κ1) is 39.5. The molecule has 1 heterocycles. The average molecular weight is 748 g/mol. The number of benzene rings is 3. The van der Waals surface area contributed by atoms with E-state index in [1.165, 1.54) is 0 Å². The zero-order chi connectivity index (χ0) is 39.2. The molecule has 6 rings (SSSR count). The van der Waals surface area contributed by atoms with Crippen LogP contribution in [0.3, 0.4) is 0 Å². The number of nitrogens with one attached hydrogen (secondary N) is 2. The van der Waals surface area contributed by atoms with Gasteiger partial charge in [0.25, 0.3) is 5.91 Å². The fourth-order valence-corrected chi connectivity index (χ4v) is 5.55. The molecule has 3 aromatic carbocycles. The lowest BCUT2D eigenvalue weighted by Gasteiger charge is -2.30. The van der Waals surface area contributed by atoms with Gasteiger partial charge in [0.1, 0.15) is 5.82 Å². The molecule has 8 N–H and O–H groups in total. The molecule has 19 heteroatoms. The number of carboxylic acid groups (broad SMARTS) is 2. The van der Waals surface area contributed by atoms with Gasteiger partial charge in [-0.3, -0.25) is 14.9 Å². The molecule has 2 unspecified atom stereocenters. The van der Waals surface area contributed by atoms with Crippen LogP contribution in [0.5, 0.6) is 0 Å². The van der Waals surface area contributed by atoms with Gasteiger partial charge < -0.3 is 27.0 Å². The number of guanidine groups is 1. The third-order valence-corrected chi connectivity index (χ3v) is 7.92. The fraction of sp³-hybridized carbons (Fsp3) is 0.265. The van der Waals surface area contributed by atoms with Crippen LogP contribution >= 0.6 is 0 Å². The van der Waals surface area contributed by atoms with Crippen LogP contribution in [0.25, 0.3) is 22.0 Å². The van der Waals surface area contributed by atoms with Gasteiger partial charge in [0.2, 0.25) is 5.95 Å². The number of hydrogen-bond donors (Lipinski definition) is 6. The SMILES string of the molecule is Cc1ccc2nc(NC(=O)c3ccc4c(c3)C(=O)c3ccccc3-4)nc(NC3CCCCC3N=C(N)N)c2c1.O=C(O)C(F)(F)F.O=C(O)C(F)(F)F. The number of nitrogens with two attached hydrogens (primary N) is 2. The zero-order valence-electron chi connectivity index (χ0n) is 27.5. The van der Waals surface area contributed by atoms with Crippen LogP contribution in [-0.4, -0.2) is 74.2 Å². The van der Waals surface area contributed by atoms with Crippen LogP contribution < -0.4 is 22.1 Å². The number of rotatable bonds is 5. The number of ketones is 1. The topological polar surface area (TPSA) is 223 Å². The predicted octanol–water partition coefficient (Wildman–Crippen LogP) is 5.67. The van der Waals surface area contributed by atoms with Crippen molar-refractivity contribution in [2.24, 2.45) is 16.5 Å². The van der Waals surface area contributed by atoms with Gasteiger partial charge in [0.05, 0.1) is 17.6 Å². The summed E-state index contributed by atoms with van der Waals surface area (Å²) in [5.41, 5.74) is 16.4. The van der Waals surface area contributed by atoms with E-state index in [0.717, 1.165) is 47.8 Å². The van der Waals surface area contributed by atoms with E-state index in [4.69, 9.17) is 36.3 Å². The Bertz CT molecular complexity index is 2060. The second-order valence-electron chi connectivity index (χ2n) is 11.8. The van der Waals surface area contributed by atoms with Gasteiger partial charge >= 0.3 is 24.3 Å². The molecule has 280 valence electrons. The lowest BCUT2D eigenvalue weighted by atomic mass is 9.90. The fourth-order valence-electron chi connectivity index (χ4n) is 5.55. The molecule has 1 fully saturated rings. The Morgan fingerprint density at radius 2 is 1.40 bits per heavy atom. The third kappa shape index (κ3) is 9.95. The Hall–Kier alpha value is -6.27. The number of aryl methyl sites for hydroxylation is 1. The molecule has 2 aliphatic rings. The van der Waals surface area contributed by atoms with E-state index in [-0.39, 0.29) is 29.8 Å². The average Bonchev–Trinajstić information content (AvgIpc) is 3.36. The van der Waals surface area contributed by atoms with E-state index in [9.17, 15) is 35.9 Å². The number of nitrogens with zero attached hydrogens (tertiary/aromatic N) is 3. The summed E-state index contributed by atoms with van der Waals surface area (Å²) in [6, 6.07) is 18.5. The van der Waals surface area contributed by atoms with Crippen molar-refractivity contribution >= 4 is 52.3 Å². The molecule has 0 radical (unpaired) electrons. The van der Waals surface area contributed by atoms with Crippen LogP contribution in [0, 0.1) is 6.92 Å². The normalized spacial score (nSPS) is 16.1. The molecular weight excluding hydrogens is 716 g/mol. The minimum Gasteiger partial charge on any atom is -0.475 e. The number of fused-ring (bicyclic) bond motifs is 4. The van der Waals surface area contributed by atoms with Crippen molar-refractivity contribution in [3.63, 3.8) is 0 Å². The highest BCUT2D eigenvalue weighted by atomic mass is 19.4. The lowest BCUT2D eigenvalue weighted by Crippen LogP contribution is -2.38. The Labute approximate surface area is 296 Å². The minimum atomic E-state index is -5.08. The van der Waals surface area contributed by atoms with E-state index in [0.29, 0.717) is 28.0 Å². The predicted molar refractivity (Wildman–Crippen MR) is 180 cm³/mol. The number of halogens is 6. The summed E-state index contributed by atoms with van der Waals surface area (Å²) in [5.74, 6) is -5.14. The van der Waals surface area contributed by atoms with Gasteiger partial charge in [0.15, 0.2) is 11.7 Å². The van der Waals surface area contributed by atoms with Crippen LogP contribution in [-0.2, 0) is 9.59 Å². The van der Waals surface area contributed by atoms with Crippen LogP contribution in [0.15, 0.2) is 65.7 Å². The highest BCUT2D eigenvalue weighted by molar-refractivity contribution is 6.22. The van der Waals surface area contributed by atoms with Crippen molar-refractivity contribution in [2.75, 3.05) is 10.6 Å². The number of anilines is 2. The maximum absolute atomic E-state index is 13.3. The zero-order valence-corrected chi connectivity index (χ0v) is 27.5. The summed E-state index contributed by atoms with van der Waals surface area (Å²) < 4.78 is 63.5. The highest BCUT2D eigenvalue weighted by Crippen LogP contribution is 2.37. The standard InChI is InChI=1S/C30H29N7O2.2C2HF3O2/c1-16-10-13-23-22(14-16)27(33-24-8-4-5-9-25(24)34-29(31)32)36-30(35-23)37-28(39)17-11-12-19-18-6-2-3-7-20(18)26(38)21(19)15-17;2*3-2(4,5)1(6)7/h2-3,6-7,10-15,24-25H,4-5,8-9H2,1H3,(H4,31,32,34)(H2,33,35,36,37,39);2*(H,6,7). The molecule has 0 bridgehead atoms. The minimum absolute atomic E-state index is 0.00707. The summed E-state index contributed by atoms with van der Waals surface area (Å²) in [6.45, 7) is 2.01. The molecule has 2 aliphatic carbocycles. The molecule has 1 aromatic heterocycles.